The van der Waals surface area contributed by atoms with Crippen LogP contribution in [0.15, 0.2) is 72.8 Å². The summed E-state index contributed by atoms with van der Waals surface area (Å²) >= 11 is 0. The van der Waals surface area contributed by atoms with Gasteiger partial charge in [0.15, 0.2) is 0 Å². The van der Waals surface area contributed by atoms with Crippen molar-refractivity contribution in [3.63, 3.8) is 0 Å². The summed E-state index contributed by atoms with van der Waals surface area (Å²) in [5.41, 5.74) is 2.32. The molecule has 3 aromatic carbocycles. The molecule has 4 nitrogen and oxygen atoms in total. The first-order chi connectivity index (χ1) is 15.3. The van der Waals surface area contributed by atoms with Crippen molar-refractivity contribution in [2.24, 2.45) is 5.92 Å². The molecule has 5 heteroatoms. The minimum Gasteiger partial charge on any atom is -0.461 e. The van der Waals surface area contributed by atoms with Crippen LogP contribution < -0.4 is 10.6 Å². The van der Waals surface area contributed by atoms with Crippen molar-refractivity contribution in [1.82, 2.24) is 0 Å². The largest absolute Gasteiger partial charge is 0.461 e. The van der Waals surface area contributed by atoms with E-state index in [4.69, 9.17) is 4.74 Å². The molecule has 0 radical (unpaired) electrons. The molecule has 1 unspecified atom stereocenters. The van der Waals surface area contributed by atoms with E-state index in [1.165, 1.54) is 0 Å². The summed E-state index contributed by atoms with van der Waals surface area (Å²) in [7, 11) is -3.58. The molecule has 166 valence electrons. The maximum absolute atomic E-state index is 14.4. The predicted molar refractivity (Wildman–Crippen MR) is 129 cm³/mol. The summed E-state index contributed by atoms with van der Waals surface area (Å²) in [5, 5.41) is 1.03. The van der Waals surface area contributed by atoms with Crippen LogP contribution in [0.25, 0.3) is 0 Å². The number of benzene rings is 3. The topological polar surface area (TPSA) is 60.4 Å². The lowest BCUT2D eigenvalue weighted by molar-refractivity contribution is -0.149. The van der Waals surface area contributed by atoms with Crippen LogP contribution in [-0.4, -0.2) is 11.5 Å². The number of rotatable bonds is 8. The summed E-state index contributed by atoms with van der Waals surface area (Å²) in [6, 6.07) is 21.5. The van der Waals surface area contributed by atoms with Crippen LogP contribution in [0.4, 0.5) is 0 Å². The molecule has 0 aromatic heterocycles. The summed E-state index contributed by atoms with van der Waals surface area (Å²) in [6.07, 6.45) is 0.721. The van der Waals surface area contributed by atoms with Crippen molar-refractivity contribution in [2.75, 3.05) is 0 Å². The van der Waals surface area contributed by atoms with Gasteiger partial charge in [0.05, 0.1) is 5.92 Å². The highest BCUT2D eigenvalue weighted by Crippen LogP contribution is 2.48. The zero-order valence-corrected chi connectivity index (χ0v) is 19.9. The fraction of sp³-hybridized carbons (Fsp3) is 0.259. The average molecular weight is 448 g/mol. The summed E-state index contributed by atoms with van der Waals surface area (Å²) in [6.45, 7) is 7.60. The van der Waals surface area contributed by atoms with Crippen molar-refractivity contribution in [3.05, 3.63) is 95.1 Å². The van der Waals surface area contributed by atoms with Crippen LogP contribution in [-0.2, 0) is 20.7 Å². The molecule has 0 heterocycles. The van der Waals surface area contributed by atoms with Crippen LogP contribution in [0.1, 0.15) is 47.3 Å². The second-order valence-corrected chi connectivity index (χ2v) is 10.8. The highest BCUT2D eigenvalue weighted by atomic mass is 31.2. The Morgan fingerprint density at radius 1 is 0.875 bits per heavy atom. The molecule has 3 rings (SSSR count). The lowest BCUT2D eigenvalue weighted by Gasteiger charge is -2.21. The summed E-state index contributed by atoms with van der Waals surface area (Å²) in [4.78, 5) is 25.9. The van der Waals surface area contributed by atoms with Crippen LogP contribution in [0.5, 0.6) is 0 Å². The van der Waals surface area contributed by atoms with Gasteiger partial charge in [0.1, 0.15) is 6.61 Å². The van der Waals surface area contributed by atoms with Gasteiger partial charge in [-0.25, -0.2) is 0 Å². The Kier molecular flexibility index (Phi) is 7.48. The molecule has 3 aromatic rings. The molecule has 0 aliphatic rings. The van der Waals surface area contributed by atoms with E-state index in [1.807, 2.05) is 52.0 Å². The van der Waals surface area contributed by atoms with Gasteiger partial charge < -0.3 is 9.30 Å². The first-order valence-electron chi connectivity index (χ1n) is 10.8. The lowest BCUT2D eigenvalue weighted by Crippen LogP contribution is -2.23. The molecule has 0 amide bonds. The second-order valence-electron chi connectivity index (χ2n) is 8.11. The SMILES string of the molecule is CCC(C)C(=O)OCc1cc(C)c(C(=O)P(=O)(c2ccccc2)c2ccccc2)c(C)c1. The fourth-order valence-corrected chi connectivity index (χ4v) is 6.37. The first-order valence-corrected chi connectivity index (χ1v) is 12.5. The van der Waals surface area contributed by atoms with Crippen molar-refractivity contribution in [2.45, 2.75) is 40.7 Å². The van der Waals surface area contributed by atoms with Crippen LogP contribution in [0.2, 0.25) is 0 Å². The van der Waals surface area contributed by atoms with Gasteiger partial charge in [-0.15, -0.1) is 0 Å². The number of carbonyl (C=O) groups is 2. The molecule has 1 atom stereocenters. The Morgan fingerprint density at radius 3 is 1.78 bits per heavy atom. The first kappa shape index (κ1) is 23.7. The normalized spacial score (nSPS) is 12.2. The summed E-state index contributed by atoms with van der Waals surface area (Å²) in [5.74, 6) is -0.388. The van der Waals surface area contributed by atoms with Crippen molar-refractivity contribution >= 4 is 29.2 Å². The van der Waals surface area contributed by atoms with Gasteiger partial charge in [-0.05, 0) is 37.0 Å². The maximum atomic E-state index is 14.4. The van der Waals surface area contributed by atoms with E-state index < -0.39 is 7.14 Å². The van der Waals surface area contributed by atoms with E-state index in [1.54, 1.807) is 48.5 Å². The number of hydrogen-bond acceptors (Lipinski definition) is 4. The average Bonchev–Trinajstić information content (AvgIpc) is 2.82. The van der Waals surface area contributed by atoms with Crippen LogP contribution in [0.3, 0.4) is 0 Å². The highest BCUT2D eigenvalue weighted by molar-refractivity contribution is 7.93. The van der Waals surface area contributed by atoms with Gasteiger partial charge in [-0.2, -0.15) is 0 Å². The quantitative estimate of drug-likeness (QED) is 0.335. The van der Waals surface area contributed by atoms with Gasteiger partial charge in [0.2, 0.25) is 12.7 Å². The molecule has 0 N–H and O–H groups in total. The highest BCUT2D eigenvalue weighted by Gasteiger charge is 2.37. The predicted octanol–water partition coefficient (Wildman–Crippen LogP) is 5.55. The third kappa shape index (κ3) is 4.76. The molecule has 0 aliphatic heterocycles. The molecule has 0 bridgehead atoms. The van der Waals surface area contributed by atoms with Crippen LogP contribution >= 0.6 is 7.14 Å². The molecule has 0 aliphatic carbocycles. The van der Waals surface area contributed by atoms with Gasteiger partial charge in [-0.1, -0.05) is 86.6 Å². The van der Waals surface area contributed by atoms with E-state index in [0.717, 1.165) is 23.1 Å². The number of carbonyl (C=O) groups excluding carboxylic acids is 2. The van der Waals surface area contributed by atoms with Gasteiger partial charge in [0.25, 0.3) is 0 Å². The van der Waals surface area contributed by atoms with Crippen molar-refractivity contribution in [1.29, 1.82) is 0 Å². The molecular formula is C27H29O4P. The fourth-order valence-electron chi connectivity index (χ4n) is 3.75. The Bertz CT molecular complexity index is 1090. The number of aryl methyl sites for hydroxylation is 2. The smallest absolute Gasteiger partial charge is 0.308 e. The number of ether oxygens (including phenoxy) is 1. The lowest BCUT2D eigenvalue weighted by atomic mass is 10.0. The van der Waals surface area contributed by atoms with E-state index in [0.29, 0.717) is 16.2 Å². The zero-order valence-electron chi connectivity index (χ0n) is 19.0. The third-order valence-electron chi connectivity index (χ3n) is 5.73. The van der Waals surface area contributed by atoms with E-state index in [2.05, 4.69) is 0 Å². The molecule has 0 saturated heterocycles. The van der Waals surface area contributed by atoms with Gasteiger partial charge >= 0.3 is 5.97 Å². The minimum atomic E-state index is -3.58. The summed E-state index contributed by atoms with van der Waals surface area (Å²) < 4.78 is 19.8. The molecule has 0 fully saturated rings. The maximum Gasteiger partial charge on any atom is 0.308 e. The Labute approximate surface area is 190 Å². The van der Waals surface area contributed by atoms with E-state index in [9.17, 15) is 14.2 Å². The van der Waals surface area contributed by atoms with Crippen molar-refractivity contribution < 1.29 is 18.9 Å². The third-order valence-corrected chi connectivity index (χ3v) is 8.57. The monoisotopic (exact) mass is 448 g/mol. The number of esters is 1. The molecular weight excluding hydrogens is 419 g/mol. The van der Waals surface area contributed by atoms with E-state index in [-0.39, 0.29) is 24.0 Å². The Balaban J connectivity index is 2.01. The minimum absolute atomic E-state index is 0.147. The Morgan fingerprint density at radius 2 is 1.34 bits per heavy atom. The van der Waals surface area contributed by atoms with Crippen molar-refractivity contribution in [3.8, 4) is 0 Å². The van der Waals surface area contributed by atoms with Crippen LogP contribution in [0, 0.1) is 19.8 Å². The molecule has 0 saturated carbocycles. The van der Waals surface area contributed by atoms with E-state index >= 15 is 0 Å². The molecule has 0 spiro atoms. The Hall–Kier alpha value is -2.97. The second kappa shape index (κ2) is 10.1. The zero-order chi connectivity index (χ0) is 23.3. The van der Waals surface area contributed by atoms with Gasteiger partial charge in [0, 0.05) is 16.2 Å². The molecule has 32 heavy (non-hydrogen) atoms. The number of hydrogen-bond donors (Lipinski definition) is 0. The van der Waals surface area contributed by atoms with Gasteiger partial charge in [-0.3, -0.25) is 9.59 Å². The standard InChI is InChI=1S/C27H29O4P/c1-5-19(2)26(28)31-18-22-16-20(3)25(21(4)17-22)27(29)32(30,23-12-8-6-9-13-23)24-14-10-7-11-15-24/h6-17,19H,5,18H2,1-4H3.